The lowest BCUT2D eigenvalue weighted by Crippen LogP contribution is -2.20. The van der Waals surface area contributed by atoms with Crippen LogP contribution in [0.5, 0.6) is 5.06 Å². The molecule has 1 aromatic rings. The molecule has 5 nitrogen and oxygen atoms in total. The molecule has 15 heavy (non-hydrogen) atoms. The van der Waals surface area contributed by atoms with E-state index in [0.717, 1.165) is 6.20 Å². The van der Waals surface area contributed by atoms with Crippen LogP contribution in [0.2, 0.25) is 0 Å². The van der Waals surface area contributed by atoms with Crippen molar-refractivity contribution in [2.24, 2.45) is 5.14 Å². The van der Waals surface area contributed by atoms with E-state index in [1.165, 1.54) is 0 Å². The molecule has 0 atom stereocenters. The van der Waals surface area contributed by atoms with Crippen LogP contribution in [0.1, 0.15) is 0 Å². The summed E-state index contributed by atoms with van der Waals surface area (Å²) in [5, 5.41) is 4.26. The molecule has 1 heterocycles. The third kappa shape index (κ3) is 3.64. The number of hydrogen-bond acceptors (Lipinski definition) is 5. The van der Waals surface area contributed by atoms with Gasteiger partial charge in [0.2, 0.25) is 15.1 Å². The molecule has 0 aromatic carbocycles. The van der Waals surface area contributed by atoms with Crippen LogP contribution < -0.4 is 9.88 Å². The SMILES string of the molecule is NS(=O)(=O)c1cnsc1OCC(F)(F)F. The van der Waals surface area contributed by atoms with Crippen molar-refractivity contribution in [1.29, 1.82) is 0 Å². The lowest BCUT2D eigenvalue weighted by atomic mass is 10.7. The highest BCUT2D eigenvalue weighted by molar-refractivity contribution is 7.89. The van der Waals surface area contributed by atoms with Gasteiger partial charge in [0.15, 0.2) is 11.5 Å². The first-order chi connectivity index (χ1) is 6.70. The zero-order chi connectivity index (χ0) is 11.7. The van der Waals surface area contributed by atoms with E-state index in [1.54, 1.807) is 0 Å². The number of aromatic nitrogens is 1. The van der Waals surface area contributed by atoms with Gasteiger partial charge in [-0.05, 0) is 0 Å². The average molecular weight is 262 g/mol. The highest BCUT2D eigenvalue weighted by Crippen LogP contribution is 2.28. The summed E-state index contributed by atoms with van der Waals surface area (Å²) in [6.07, 6.45) is -3.70. The van der Waals surface area contributed by atoms with E-state index in [0.29, 0.717) is 11.5 Å². The smallest absolute Gasteiger partial charge is 0.422 e. The quantitative estimate of drug-likeness (QED) is 0.870. The molecule has 0 saturated carbocycles. The first-order valence-corrected chi connectivity index (χ1v) is 5.69. The summed E-state index contributed by atoms with van der Waals surface area (Å²) in [4.78, 5) is -0.545. The van der Waals surface area contributed by atoms with Crippen LogP contribution in [0.4, 0.5) is 13.2 Å². The Hall–Kier alpha value is -0.870. The topological polar surface area (TPSA) is 82.3 Å². The van der Waals surface area contributed by atoms with Crippen LogP contribution in [0.25, 0.3) is 0 Å². The molecule has 10 heteroatoms. The molecular weight excluding hydrogens is 257 g/mol. The predicted octanol–water partition coefficient (Wildman–Crippen LogP) is 0.732. The summed E-state index contributed by atoms with van der Waals surface area (Å²) in [7, 11) is -4.10. The molecule has 0 fully saturated rings. The molecule has 0 aliphatic carbocycles. The van der Waals surface area contributed by atoms with Gasteiger partial charge in [-0.1, -0.05) is 0 Å². The van der Waals surface area contributed by atoms with Gasteiger partial charge in [-0.15, -0.1) is 0 Å². The fourth-order valence-corrected chi connectivity index (χ4v) is 2.18. The van der Waals surface area contributed by atoms with Gasteiger partial charge in [0.25, 0.3) is 0 Å². The molecule has 0 aliphatic heterocycles. The summed E-state index contributed by atoms with van der Waals surface area (Å²) in [5.74, 6) is 0. The predicted molar refractivity (Wildman–Crippen MR) is 45.0 cm³/mol. The van der Waals surface area contributed by atoms with Crippen molar-refractivity contribution in [3.05, 3.63) is 6.20 Å². The number of primary sulfonamides is 1. The molecule has 0 radical (unpaired) electrons. The van der Waals surface area contributed by atoms with Crippen molar-refractivity contribution in [3.8, 4) is 5.06 Å². The molecule has 0 unspecified atom stereocenters. The van der Waals surface area contributed by atoms with Gasteiger partial charge in [0, 0.05) is 11.5 Å². The fraction of sp³-hybridized carbons (Fsp3) is 0.400. The van der Waals surface area contributed by atoms with Crippen LogP contribution in [-0.4, -0.2) is 25.6 Å². The Kier molecular flexibility index (Phi) is 3.21. The standard InChI is InChI=1S/C5H5F3N2O3S2/c6-5(7,8)2-13-4-3(1-10-14-4)15(9,11)12/h1H,2H2,(H2,9,11,12). The number of ether oxygens (including phenoxy) is 1. The third-order valence-corrected chi connectivity index (χ3v) is 2.93. The molecule has 0 aliphatic rings. The van der Waals surface area contributed by atoms with Gasteiger partial charge < -0.3 is 4.74 Å². The minimum Gasteiger partial charge on any atom is -0.472 e. The molecule has 0 amide bonds. The molecule has 1 aromatic heterocycles. The molecule has 86 valence electrons. The lowest BCUT2D eigenvalue weighted by Gasteiger charge is -2.07. The van der Waals surface area contributed by atoms with Crippen molar-refractivity contribution in [1.82, 2.24) is 4.37 Å². The Labute approximate surface area is 86.9 Å². The average Bonchev–Trinajstić information content (AvgIpc) is 2.45. The summed E-state index contributed by atoms with van der Waals surface area (Å²) in [6, 6.07) is 0. The minimum atomic E-state index is -4.54. The maximum absolute atomic E-state index is 11.8. The van der Waals surface area contributed by atoms with Crippen LogP contribution in [0.15, 0.2) is 11.1 Å². The first-order valence-electron chi connectivity index (χ1n) is 3.37. The molecule has 0 spiro atoms. The maximum atomic E-state index is 11.8. The van der Waals surface area contributed by atoms with Crippen LogP contribution >= 0.6 is 11.5 Å². The normalized spacial score (nSPS) is 12.8. The maximum Gasteiger partial charge on any atom is 0.422 e. The van der Waals surface area contributed by atoms with E-state index in [1.807, 2.05) is 0 Å². The summed E-state index contributed by atoms with van der Waals surface area (Å²) in [5.41, 5.74) is 0. The van der Waals surface area contributed by atoms with Crippen molar-refractivity contribution in [3.63, 3.8) is 0 Å². The van der Waals surface area contributed by atoms with E-state index in [2.05, 4.69) is 9.11 Å². The van der Waals surface area contributed by atoms with Crippen LogP contribution in [0, 0.1) is 0 Å². The van der Waals surface area contributed by atoms with Crippen molar-refractivity contribution in [2.75, 3.05) is 6.61 Å². The van der Waals surface area contributed by atoms with Gasteiger partial charge in [-0.3, -0.25) is 0 Å². The number of halogens is 3. The Balaban J connectivity index is 2.84. The number of alkyl halides is 3. The second-order valence-electron chi connectivity index (χ2n) is 2.43. The Morgan fingerprint density at radius 3 is 2.60 bits per heavy atom. The van der Waals surface area contributed by atoms with Gasteiger partial charge in [0.1, 0.15) is 0 Å². The van der Waals surface area contributed by atoms with Crippen LogP contribution in [0.3, 0.4) is 0 Å². The number of hydrogen-bond donors (Lipinski definition) is 1. The zero-order valence-corrected chi connectivity index (χ0v) is 8.62. The largest absolute Gasteiger partial charge is 0.472 e. The molecular formula is C5H5F3N2O3S2. The fourth-order valence-electron chi connectivity index (χ4n) is 0.654. The Morgan fingerprint density at radius 2 is 2.13 bits per heavy atom. The number of nitrogens with zero attached hydrogens (tertiary/aromatic N) is 1. The van der Waals surface area contributed by atoms with Crippen molar-refractivity contribution >= 4 is 21.6 Å². The highest BCUT2D eigenvalue weighted by Gasteiger charge is 2.30. The monoisotopic (exact) mass is 262 g/mol. The first kappa shape index (κ1) is 12.2. The summed E-state index contributed by atoms with van der Waals surface area (Å²) in [6.45, 7) is -1.59. The van der Waals surface area contributed by atoms with Crippen LogP contribution in [-0.2, 0) is 10.0 Å². The lowest BCUT2D eigenvalue weighted by molar-refractivity contribution is -0.153. The van der Waals surface area contributed by atoms with E-state index in [-0.39, 0.29) is 0 Å². The van der Waals surface area contributed by atoms with E-state index in [9.17, 15) is 21.6 Å². The Bertz CT molecular complexity index is 439. The van der Waals surface area contributed by atoms with Gasteiger partial charge in [-0.25, -0.2) is 13.6 Å². The Morgan fingerprint density at radius 1 is 1.53 bits per heavy atom. The number of rotatable bonds is 3. The number of nitrogens with two attached hydrogens (primary N) is 1. The van der Waals surface area contributed by atoms with Crippen molar-refractivity contribution in [2.45, 2.75) is 11.1 Å². The van der Waals surface area contributed by atoms with E-state index >= 15 is 0 Å². The van der Waals surface area contributed by atoms with Gasteiger partial charge in [0.05, 0.1) is 6.20 Å². The highest BCUT2D eigenvalue weighted by atomic mass is 32.2. The van der Waals surface area contributed by atoms with Crippen molar-refractivity contribution < 1.29 is 26.3 Å². The van der Waals surface area contributed by atoms with Gasteiger partial charge >= 0.3 is 6.18 Å². The zero-order valence-electron chi connectivity index (χ0n) is 6.98. The molecule has 2 N–H and O–H groups in total. The second-order valence-corrected chi connectivity index (χ2v) is 4.72. The van der Waals surface area contributed by atoms with E-state index in [4.69, 9.17) is 5.14 Å². The number of sulfonamides is 1. The van der Waals surface area contributed by atoms with Gasteiger partial charge in [-0.2, -0.15) is 17.5 Å². The second kappa shape index (κ2) is 3.94. The summed E-state index contributed by atoms with van der Waals surface area (Å²) < 4.78 is 64.5. The summed E-state index contributed by atoms with van der Waals surface area (Å²) >= 11 is 0.486. The molecule has 0 bridgehead atoms. The molecule has 0 saturated heterocycles. The third-order valence-electron chi connectivity index (χ3n) is 1.18. The van der Waals surface area contributed by atoms with E-state index < -0.39 is 32.8 Å². The minimum absolute atomic E-state index is 0.463. The molecule has 1 rings (SSSR count).